The largest absolute Gasteiger partial charge is 0.428 e. The lowest BCUT2D eigenvalue weighted by atomic mass is 10.1. The van der Waals surface area contributed by atoms with Crippen LogP contribution in [0.4, 0.5) is 0 Å². The van der Waals surface area contributed by atoms with E-state index in [1.807, 2.05) is 0 Å². The summed E-state index contributed by atoms with van der Waals surface area (Å²) in [6.45, 7) is 0. The summed E-state index contributed by atoms with van der Waals surface area (Å²) in [7, 11) is -3.84. The molecule has 2 heterocycles. The smallest absolute Gasteiger partial charge is 0.336 e. The molecule has 6 nitrogen and oxygen atoms in total. The standard InChI is InChI=1S/C17H11NO5S/c19-16-9-11(12-5-1-3-7-14(12)22-16)10-24(20,21)17-18-13-6-2-4-8-15(13)23-17/h1-9H,10H2. The summed E-state index contributed by atoms with van der Waals surface area (Å²) in [5.74, 6) is -0.397. The van der Waals surface area contributed by atoms with Crippen LogP contribution in [-0.2, 0) is 15.6 Å². The number of nitrogens with zero attached hydrogens (tertiary/aromatic N) is 1. The Labute approximate surface area is 136 Å². The van der Waals surface area contributed by atoms with Crippen LogP contribution in [0.3, 0.4) is 0 Å². The molecule has 2 aromatic heterocycles. The van der Waals surface area contributed by atoms with Gasteiger partial charge in [-0.1, -0.05) is 30.3 Å². The van der Waals surface area contributed by atoms with E-state index in [0.29, 0.717) is 27.6 Å². The van der Waals surface area contributed by atoms with Gasteiger partial charge in [-0.25, -0.2) is 13.2 Å². The molecule has 0 unspecified atom stereocenters. The number of aromatic nitrogens is 1. The molecular weight excluding hydrogens is 330 g/mol. The summed E-state index contributed by atoms with van der Waals surface area (Å²) >= 11 is 0. The van der Waals surface area contributed by atoms with Crippen molar-refractivity contribution in [2.45, 2.75) is 11.0 Å². The average Bonchev–Trinajstić information content (AvgIpc) is 2.99. The first-order valence-electron chi connectivity index (χ1n) is 7.13. The molecule has 0 aliphatic rings. The van der Waals surface area contributed by atoms with Crippen molar-refractivity contribution in [3.05, 3.63) is 70.6 Å². The second-order valence-corrected chi connectivity index (χ2v) is 7.16. The zero-order chi connectivity index (χ0) is 16.7. The SMILES string of the molecule is O=c1cc(CS(=O)(=O)c2nc3ccccc3o2)c2ccccc2o1. The third-order valence-corrected chi connectivity index (χ3v) is 5.02. The molecule has 0 spiro atoms. The van der Waals surface area contributed by atoms with Gasteiger partial charge in [0.25, 0.3) is 0 Å². The van der Waals surface area contributed by atoms with Gasteiger partial charge in [0.1, 0.15) is 11.1 Å². The molecule has 0 aliphatic heterocycles. The molecule has 0 saturated carbocycles. The van der Waals surface area contributed by atoms with Gasteiger partial charge >= 0.3 is 10.8 Å². The lowest BCUT2D eigenvalue weighted by Gasteiger charge is -2.04. The zero-order valence-electron chi connectivity index (χ0n) is 12.3. The molecule has 0 amide bonds. The number of hydrogen-bond acceptors (Lipinski definition) is 6. The van der Waals surface area contributed by atoms with E-state index in [0.717, 1.165) is 0 Å². The van der Waals surface area contributed by atoms with Crippen LogP contribution in [0, 0.1) is 0 Å². The van der Waals surface area contributed by atoms with E-state index in [1.165, 1.54) is 6.07 Å². The minimum Gasteiger partial charge on any atom is -0.428 e. The van der Waals surface area contributed by atoms with Crippen molar-refractivity contribution in [2.24, 2.45) is 0 Å². The van der Waals surface area contributed by atoms with E-state index in [2.05, 4.69) is 4.98 Å². The molecule has 0 radical (unpaired) electrons. The molecule has 24 heavy (non-hydrogen) atoms. The summed E-state index contributed by atoms with van der Waals surface area (Å²) in [4.78, 5) is 15.7. The second-order valence-electron chi connectivity index (χ2n) is 5.29. The minimum absolute atomic E-state index is 0.341. The maximum Gasteiger partial charge on any atom is 0.336 e. The van der Waals surface area contributed by atoms with Crippen LogP contribution in [0.1, 0.15) is 5.56 Å². The van der Waals surface area contributed by atoms with Crippen molar-refractivity contribution >= 4 is 31.9 Å². The zero-order valence-corrected chi connectivity index (χ0v) is 13.1. The van der Waals surface area contributed by atoms with Crippen molar-refractivity contribution in [1.29, 1.82) is 0 Å². The van der Waals surface area contributed by atoms with Crippen LogP contribution < -0.4 is 5.63 Å². The highest BCUT2D eigenvalue weighted by Crippen LogP contribution is 2.24. The lowest BCUT2D eigenvalue weighted by molar-refractivity contribution is 0.458. The maximum absolute atomic E-state index is 12.6. The Morgan fingerprint density at radius 2 is 1.62 bits per heavy atom. The number of para-hydroxylation sites is 3. The number of rotatable bonds is 3. The summed E-state index contributed by atoms with van der Waals surface area (Å²) in [6, 6.07) is 14.8. The molecular formula is C17H11NO5S. The van der Waals surface area contributed by atoms with Crippen LogP contribution >= 0.6 is 0 Å². The van der Waals surface area contributed by atoms with Crippen molar-refractivity contribution in [3.63, 3.8) is 0 Å². The van der Waals surface area contributed by atoms with Gasteiger partial charge in [0.15, 0.2) is 5.58 Å². The quantitative estimate of drug-likeness (QED) is 0.532. The van der Waals surface area contributed by atoms with Gasteiger partial charge in [-0.15, -0.1) is 0 Å². The van der Waals surface area contributed by atoms with Gasteiger partial charge < -0.3 is 8.83 Å². The van der Waals surface area contributed by atoms with Crippen LogP contribution in [0.2, 0.25) is 0 Å². The first-order chi connectivity index (χ1) is 11.5. The van der Waals surface area contributed by atoms with Crippen molar-refractivity contribution in [1.82, 2.24) is 4.98 Å². The van der Waals surface area contributed by atoms with Gasteiger partial charge in [0, 0.05) is 11.5 Å². The molecule has 0 N–H and O–H groups in total. The Morgan fingerprint density at radius 3 is 2.42 bits per heavy atom. The molecule has 2 aromatic carbocycles. The molecule has 0 bridgehead atoms. The average molecular weight is 341 g/mol. The summed E-state index contributed by atoms with van der Waals surface area (Å²) in [5, 5.41) is 0.206. The Balaban J connectivity index is 1.83. The van der Waals surface area contributed by atoms with Gasteiger partial charge in [-0.05, 0) is 23.8 Å². The summed E-state index contributed by atoms with van der Waals surface area (Å²) < 4.78 is 35.7. The molecule has 0 saturated heterocycles. The van der Waals surface area contributed by atoms with Crippen LogP contribution in [0.5, 0.6) is 0 Å². The number of fused-ring (bicyclic) bond motifs is 2. The van der Waals surface area contributed by atoms with E-state index in [4.69, 9.17) is 8.83 Å². The highest BCUT2D eigenvalue weighted by Gasteiger charge is 2.24. The molecule has 0 fully saturated rings. The molecule has 120 valence electrons. The van der Waals surface area contributed by atoms with Crippen LogP contribution in [0.25, 0.3) is 22.1 Å². The topological polar surface area (TPSA) is 90.4 Å². The monoisotopic (exact) mass is 341 g/mol. The normalized spacial score (nSPS) is 12.0. The maximum atomic E-state index is 12.6. The lowest BCUT2D eigenvalue weighted by Crippen LogP contribution is -2.09. The van der Waals surface area contributed by atoms with E-state index < -0.39 is 21.2 Å². The highest BCUT2D eigenvalue weighted by atomic mass is 32.2. The fourth-order valence-corrected chi connectivity index (χ4v) is 3.77. The van der Waals surface area contributed by atoms with Crippen molar-refractivity contribution in [2.75, 3.05) is 0 Å². The number of hydrogen-bond donors (Lipinski definition) is 0. The van der Waals surface area contributed by atoms with Crippen molar-refractivity contribution < 1.29 is 17.3 Å². The minimum atomic E-state index is -3.84. The fraction of sp³-hybridized carbons (Fsp3) is 0.0588. The first-order valence-corrected chi connectivity index (χ1v) is 8.78. The Kier molecular flexibility index (Phi) is 3.24. The third kappa shape index (κ3) is 2.48. The summed E-state index contributed by atoms with van der Waals surface area (Å²) in [5.41, 5.74) is 0.954. The Morgan fingerprint density at radius 1 is 0.917 bits per heavy atom. The molecule has 4 rings (SSSR count). The summed E-state index contributed by atoms with van der Waals surface area (Å²) in [6.07, 6.45) is 0. The molecule has 0 aliphatic carbocycles. The Bertz CT molecular complexity index is 1190. The van der Waals surface area contributed by atoms with Gasteiger partial charge in [0.05, 0.1) is 5.75 Å². The van der Waals surface area contributed by atoms with Gasteiger partial charge in [0.2, 0.25) is 9.84 Å². The van der Waals surface area contributed by atoms with Crippen LogP contribution in [-0.4, -0.2) is 13.4 Å². The van der Waals surface area contributed by atoms with E-state index >= 15 is 0 Å². The van der Waals surface area contributed by atoms with E-state index in [1.54, 1.807) is 48.5 Å². The predicted molar refractivity (Wildman–Crippen MR) is 87.4 cm³/mol. The second kappa shape index (κ2) is 5.31. The Hall–Kier alpha value is -2.93. The number of oxazole rings is 1. The molecule has 0 atom stereocenters. The van der Waals surface area contributed by atoms with Gasteiger partial charge in [-0.2, -0.15) is 4.98 Å². The van der Waals surface area contributed by atoms with E-state index in [-0.39, 0.29) is 5.22 Å². The van der Waals surface area contributed by atoms with Gasteiger partial charge in [-0.3, -0.25) is 0 Å². The molecule has 7 heteroatoms. The number of benzene rings is 2. The predicted octanol–water partition coefficient (Wildman–Crippen LogP) is 2.91. The first kappa shape index (κ1) is 14.6. The fourth-order valence-electron chi connectivity index (χ4n) is 2.55. The van der Waals surface area contributed by atoms with Crippen LogP contribution in [0.15, 0.2) is 73.4 Å². The third-order valence-electron chi connectivity index (χ3n) is 3.62. The molecule has 4 aromatic rings. The van der Waals surface area contributed by atoms with E-state index in [9.17, 15) is 13.2 Å². The number of sulfone groups is 1. The highest BCUT2D eigenvalue weighted by molar-refractivity contribution is 7.90. The van der Waals surface area contributed by atoms with Crippen molar-refractivity contribution in [3.8, 4) is 0 Å².